The molecule has 0 unspecified atom stereocenters. The van der Waals surface area contributed by atoms with Crippen LogP contribution in [0.3, 0.4) is 0 Å². The number of benzene rings is 4. The van der Waals surface area contributed by atoms with Crippen molar-refractivity contribution in [3.63, 3.8) is 0 Å². The molecule has 0 spiro atoms. The van der Waals surface area contributed by atoms with Crippen molar-refractivity contribution in [2.75, 3.05) is 19.6 Å². The van der Waals surface area contributed by atoms with Crippen molar-refractivity contribution >= 4 is 28.0 Å². The zero-order chi connectivity index (χ0) is 59.1. The second-order valence-corrected chi connectivity index (χ2v) is 20.3. The number of hydrogen-bond acceptors (Lipinski definition) is 0. The predicted octanol–water partition coefficient (Wildman–Crippen LogP) is 16.3. The van der Waals surface area contributed by atoms with E-state index in [-0.39, 0.29) is 0 Å². The highest BCUT2D eigenvalue weighted by Gasteiger charge is 2.52. The summed E-state index contributed by atoms with van der Waals surface area (Å²) in [6.45, 7) is 11.3. The summed E-state index contributed by atoms with van der Waals surface area (Å²) in [4.78, 5) is 1.94. The van der Waals surface area contributed by atoms with E-state index in [1.54, 1.807) is 0 Å². The van der Waals surface area contributed by atoms with Crippen molar-refractivity contribution < 1.29 is 92.7 Å². The van der Waals surface area contributed by atoms with Crippen molar-refractivity contribution in [2.24, 2.45) is 0 Å². The van der Waals surface area contributed by atoms with Crippen LogP contribution in [-0.2, 0) is 0 Å². The van der Waals surface area contributed by atoms with E-state index in [0.29, 0.717) is 0 Å². The fourth-order valence-corrected chi connectivity index (χ4v) is 10.3. The highest BCUT2D eigenvalue weighted by Crippen LogP contribution is 2.31. The molecule has 0 aliphatic carbocycles. The molecule has 0 aliphatic heterocycles. The molecule has 0 saturated carbocycles. The van der Waals surface area contributed by atoms with Gasteiger partial charge in [-0.25, -0.2) is 87.8 Å². The van der Waals surface area contributed by atoms with Crippen molar-refractivity contribution in [2.45, 2.75) is 194 Å². The minimum absolute atomic E-state index is 1.37. The van der Waals surface area contributed by atoms with Crippen LogP contribution in [0, 0.1) is 116 Å². The van der Waals surface area contributed by atoms with Gasteiger partial charge >= 0.3 is 0 Å². The molecule has 0 saturated heterocycles. The van der Waals surface area contributed by atoms with Crippen LogP contribution in [0.5, 0.6) is 0 Å². The van der Waals surface area contributed by atoms with Crippen LogP contribution in [0.4, 0.5) is 87.8 Å². The largest absolute Gasteiger partial charge is 0.335 e. The minimum atomic E-state index is -7.22. The van der Waals surface area contributed by atoms with Gasteiger partial charge in [-0.2, -0.15) is 0 Å². The Hall–Kier alpha value is -4.50. The number of rotatable bonds is 34. The minimum Gasteiger partial charge on any atom is -0.335 e. The lowest BCUT2D eigenvalue weighted by molar-refractivity contribution is -0.900. The van der Waals surface area contributed by atoms with Crippen molar-refractivity contribution in [3.8, 4) is 0 Å². The van der Waals surface area contributed by atoms with Gasteiger partial charge in [0, 0.05) is 0 Å². The molecule has 4 aromatic rings. The molecule has 4 rings (SSSR count). The maximum Gasteiger partial charge on any atom is 0.200 e. The van der Waals surface area contributed by atoms with Gasteiger partial charge in [-0.3, -0.25) is 0 Å². The summed E-state index contributed by atoms with van der Waals surface area (Å²) in [5, 5.41) is 0. The first-order valence-electron chi connectivity index (χ1n) is 27.6. The summed E-state index contributed by atoms with van der Waals surface area (Å²) in [6.07, 6.45) is 32.2. The molecule has 446 valence electrons. The van der Waals surface area contributed by atoms with Crippen LogP contribution in [0.25, 0.3) is 0 Å². The molecule has 79 heavy (non-hydrogen) atoms. The molecule has 0 fully saturated rings. The average Bonchev–Trinajstić information content (AvgIpc) is 3.45. The molecule has 0 atom stereocenters. The molecule has 0 aromatic heterocycles. The summed E-state index contributed by atoms with van der Waals surface area (Å²) >= 11 is 0. The van der Waals surface area contributed by atoms with Gasteiger partial charge in [-0.15, -0.1) is 21.9 Å². The van der Waals surface area contributed by atoms with E-state index in [2.05, 4.69) is 20.8 Å². The first kappa shape index (κ1) is 68.8. The SMILES string of the molecule is CCCCCCCCCCC[NH+](CCCCCCCCCCC)CCCCCCCCCCC.Fc1c(F)c(F)c([B-](c2c(F)c(F)c(F)c(F)c2F)(c2c(F)c(F)c(F)c(F)c2F)c2c(F)c(F)c(F)c(F)c2F)c(F)c1F. The van der Waals surface area contributed by atoms with E-state index in [1.807, 2.05) is 4.90 Å². The van der Waals surface area contributed by atoms with Gasteiger partial charge < -0.3 is 4.90 Å². The summed E-state index contributed by atoms with van der Waals surface area (Å²) in [7, 11) is 0. The molecular weight excluding hydrogens is 1090 g/mol. The maximum absolute atomic E-state index is 15.4. The fraction of sp³-hybridized carbons (Fsp3) is 0.579. The molecule has 0 heterocycles. The van der Waals surface area contributed by atoms with Gasteiger partial charge in [-0.1, -0.05) is 156 Å². The summed E-state index contributed by atoms with van der Waals surface area (Å²) < 4.78 is 294. The van der Waals surface area contributed by atoms with Crippen LogP contribution in [-0.4, -0.2) is 25.8 Å². The Bertz CT molecular complexity index is 2120. The van der Waals surface area contributed by atoms with E-state index in [4.69, 9.17) is 0 Å². The Kier molecular flexibility index (Phi) is 29.7. The van der Waals surface area contributed by atoms with Crippen molar-refractivity contribution in [3.05, 3.63) is 116 Å². The molecule has 4 aromatic carbocycles. The van der Waals surface area contributed by atoms with Crippen LogP contribution >= 0.6 is 0 Å². The third kappa shape index (κ3) is 17.0. The number of unbranched alkanes of at least 4 members (excludes halogenated alkanes) is 24. The fourth-order valence-electron chi connectivity index (χ4n) is 10.3. The third-order valence-electron chi connectivity index (χ3n) is 14.6. The smallest absolute Gasteiger partial charge is 0.200 e. The highest BCUT2D eigenvalue weighted by atomic mass is 19.2. The number of quaternary nitrogens is 1. The monoisotopic (exact) mass is 1160 g/mol. The quantitative estimate of drug-likeness (QED) is 0.0156. The van der Waals surface area contributed by atoms with Crippen molar-refractivity contribution in [1.82, 2.24) is 0 Å². The number of hydrogen-bond donors (Lipinski definition) is 1. The van der Waals surface area contributed by atoms with E-state index in [9.17, 15) is 52.7 Å². The first-order chi connectivity index (χ1) is 37.5. The van der Waals surface area contributed by atoms with Crippen molar-refractivity contribution in [1.29, 1.82) is 0 Å². The third-order valence-corrected chi connectivity index (χ3v) is 14.6. The Labute approximate surface area is 449 Å². The summed E-state index contributed by atoms with van der Waals surface area (Å²) in [6, 6.07) is 0. The van der Waals surface area contributed by atoms with Crippen LogP contribution < -0.4 is 26.8 Å². The first-order valence-corrected chi connectivity index (χ1v) is 27.6. The van der Waals surface area contributed by atoms with E-state index in [1.165, 1.54) is 193 Å². The molecule has 0 bridgehead atoms. The van der Waals surface area contributed by atoms with E-state index < -0.39 is 144 Å². The second-order valence-electron chi connectivity index (χ2n) is 20.3. The topological polar surface area (TPSA) is 4.44 Å². The Morgan fingerprint density at radius 1 is 0.190 bits per heavy atom. The van der Waals surface area contributed by atoms with Gasteiger partial charge in [0.05, 0.1) is 19.6 Å². The average molecular weight is 1160 g/mol. The summed E-state index contributed by atoms with van der Waals surface area (Å²) in [5.41, 5.74) is -14.3. The van der Waals surface area contributed by atoms with Gasteiger partial charge in [0.1, 0.15) is 52.7 Å². The predicted molar refractivity (Wildman–Crippen MR) is 266 cm³/mol. The molecule has 1 N–H and O–H groups in total. The van der Waals surface area contributed by atoms with Crippen LogP contribution in [0.2, 0.25) is 0 Å². The molecule has 0 aliphatic rings. The zero-order valence-electron chi connectivity index (χ0n) is 44.8. The zero-order valence-corrected chi connectivity index (χ0v) is 44.8. The Morgan fingerprint density at radius 2 is 0.316 bits per heavy atom. The normalized spacial score (nSPS) is 11.8. The molecule has 0 radical (unpaired) electrons. The van der Waals surface area contributed by atoms with Gasteiger partial charge in [0.15, 0.2) is 69.8 Å². The summed E-state index contributed by atoms with van der Waals surface area (Å²) in [5.74, 6) is -71.4. The van der Waals surface area contributed by atoms with Gasteiger partial charge in [-0.05, 0) is 38.5 Å². The number of nitrogens with one attached hydrogen (secondary N) is 1. The van der Waals surface area contributed by atoms with E-state index in [0.717, 1.165) is 0 Å². The van der Waals surface area contributed by atoms with Crippen LogP contribution in [0.1, 0.15) is 194 Å². The van der Waals surface area contributed by atoms with Crippen LogP contribution in [0.15, 0.2) is 0 Å². The molecule has 1 nitrogen and oxygen atoms in total. The lowest BCUT2D eigenvalue weighted by Crippen LogP contribution is -3.12. The number of halogens is 20. The van der Waals surface area contributed by atoms with Gasteiger partial charge in [0.25, 0.3) is 0 Å². The second kappa shape index (κ2) is 34.1. The lowest BCUT2D eigenvalue weighted by Gasteiger charge is -2.44. The lowest BCUT2D eigenvalue weighted by atomic mass is 9.12. The Balaban J connectivity index is 0.000000434. The standard InChI is InChI=1S/C33H69N.C24BF20/c1-4-7-10-13-16-19-22-25-28-31-34(32-29-26-23-20-17-14-11-8-5-2)33-30-27-24-21-18-15-12-9-6-3;26-5-1(6(27)14(35)21(42)13(5)34)25(2-7(28)15(36)22(43)16(37)8(2)29,3-9(30)17(38)23(44)18(39)10(3)31)4-11(32)19(40)24(45)20(41)12(4)33/h4-33H2,1-3H3;/q;-1/p+1. The maximum atomic E-state index is 15.4. The molecule has 0 amide bonds. The van der Waals surface area contributed by atoms with E-state index >= 15 is 35.1 Å². The molecule has 22 heteroatoms. The highest BCUT2D eigenvalue weighted by molar-refractivity contribution is 7.20. The van der Waals surface area contributed by atoms with Gasteiger partial charge in [0.2, 0.25) is 0 Å². The molecular formula is C57H70BF20N. The Morgan fingerprint density at radius 3 is 0.468 bits per heavy atom.